The molecule has 1 amide bonds. The summed E-state index contributed by atoms with van der Waals surface area (Å²) in [6.45, 7) is 3.61. The van der Waals surface area contributed by atoms with Crippen molar-refractivity contribution in [1.29, 1.82) is 0 Å². The summed E-state index contributed by atoms with van der Waals surface area (Å²) in [5, 5.41) is 8.96. The number of carbonyl (C=O) groups excluding carboxylic acids is 1. The average Bonchev–Trinajstić information content (AvgIpc) is 2.35. The van der Waals surface area contributed by atoms with Gasteiger partial charge in [-0.25, -0.2) is 0 Å². The lowest BCUT2D eigenvalue weighted by molar-refractivity contribution is -0.141. The van der Waals surface area contributed by atoms with Gasteiger partial charge in [-0.15, -0.1) is 11.8 Å². The molecule has 1 N–H and O–H groups in total. The molecule has 0 unspecified atom stereocenters. The van der Waals surface area contributed by atoms with Crippen LogP contribution in [0.5, 0.6) is 0 Å². The summed E-state index contributed by atoms with van der Waals surface area (Å²) in [5.74, 6) is -0.861. The van der Waals surface area contributed by atoms with E-state index in [1.807, 2.05) is 38.1 Å². The Morgan fingerprint density at radius 1 is 1.32 bits per heavy atom. The highest BCUT2D eigenvalue weighted by molar-refractivity contribution is 8.03. The highest BCUT2D eigenvalue weighted by atomic mass is 32.2. The Morgan fingerprint density at radius 3 is 2.53 bits per heavy atom. The third-order valence-corrected chi connectivity index (χ3v) is 3.95. The van der Waals surface area contributed by atoms with Crippen molar-refractivity contribution >= 4 is 29.3 Å². The van der Waals surface area contributed by atoms with Crippen molar-refractivity contribution in [3.63, 3.8) is 0 Å². The maximum absolute atomic E-state index is 11.9. The van der Waals surface area contributed by atoms with E-state index in [4.69, 9.17) is 5.11 Å². The van der Waals surface area contributed by atoms with E-state index in [1.165, 1.54) is 16.7 Å². The van der Waals surface area contributed by atoms with Gasteiger partial charge >= 0.3 is 5.97 Å². The number of carbonyl (C=O) groups is 2. The van der Waals surface area contributed by atoms with Gasteiger partial charge in [-0.3, -0.25) is 14.5 Å². The van der Waals surface area contributed by atoms with Crippen LogP contribution in [0.2, 0.25) is 0 Å². The lowest BCUT2D eigenvalue weighted by Gasteiger charge is -2.29. The fourth-order valence-electron chi connectivity index (χ4n) is 2.00. The summed E-state index contributed by atoms with van der Waals surface area (Å²) in [6.07, 6.45) is 0. The maximum Gasteiger partial charge on any atom is 0.323 e. The Bertz CT molecular complexity index is 548. The van der Waals surface area contributed by atoms with E-state index in [1.54, 1.807) is 0 Å². The van der Waals surface area contributed by atoms with Crippen molar-refractivity contribution in [2.45, 2.75) is 13.8 Å². The van der Waals surface area contributed by atoms with Crippen LogP contribution in [0.3, 0.4) is 0 Å². The first kappa shape index (κ1) is 13.7. The van der Waals surface area contributed by atoms with Gasteiger partial charge in [0.05, 0.1) is 11.4 Å². The normalized spacial score (nSPS) is 15.9. The van der Waals surface area contributed by atoms with Crippen LogP contribution in [0, 0.1) is 6.92 Å². The predicted octanol–water partition coefficient (Wildman–Crippen LogP) is 2.34. The van der Waals surface area contributed by atoms with Crippen molar-refractivity contribution in [1.82, 2.24) is 4.90 Å². The summed E-state index contributed by atoms with van der Waals surface area (Å²) < 4.78 is 0. The minimum absolute atomic E-state index is 0.159. The van der Waals surface area contributed by atoms with E-state index in [0.29, 0.717) is 11.4 Å². The number of nitrogens with zero attached hydrogens (tertiary/aromatic N) is 1. The summed E-state index contributed by atoms with van der Waals surface area (Å²) in [4.78, 5) is 25.2. The third kappa shape index (κ3) is 2.98. The maximum atomic E-state index is 11.9. The lowest BCUT2D eigenvalue weighted by atomic mass is 10.1. The van der Waals surface area contributed by atoms with E-state index < -0.39 is 5.97 Å². The molecule has 0 spiro atoms. The first-order valence-corrected chi connectivity index (χ1v) is 6.90. The molecule has 0 radical (unpaired) electrons. The number of thioether (sulfide) groups is 1. The van der Waals surface area contributed by atoms with Gasteiger partial charge < -0.3 is 5.11 Å². The van der Waals surface area contributed by atoms with Gasteiger partial charge in [0.2, 0.25) is 5.91 Å². The van der Waals surface area contributed by atoms with Gasteiger partial charge in [0.25, 0.3) is 0 Å². The summed E-state index contributed by atoms with van der Waals surface area (Å²) in [7, 11) is 0. The van der Waals surface area contributed by atoms with E-state index in [2.05, 4.69) is 0 Å². The van der Waals surface area contributed by atoms with Gasteiger partial charge in [0.15, 0.2) is 0 Å². The number of amides is 1. The van der Waals surface area contributed by atoms with Crippen LogP contribution >= 0.6 is 11.8 Å². The quantitative estimate of drug-likeness (QED) is 0.921. The first-order valence-electron chi connectivity index (χ1n) is 5.92. The number of allylic oxidation sites excluding steroid dienone is 1. The first-order chi connectivity index (χ1) is 8.99. The molecule has 0 fully saturated rings. The Balaban J connectivity index is 2.44. The second-order valence-corrected chi connectivity index (χ2v) is 5.62. The molecule has 0 aromatic heterocycles. The second-order valence-electron chi connectivity index (χ2n) is 4.43. The number of carboxylic acid groups (broad SMARTS) is 1. The topological polar surface area (TPSA) is 57.6 Å². The third-order valence-electron chi connectivity index (χ3n) is 2.93. The molecule has 1 aromatic rings. The molecule has 1 aromatic carbocycles. The van der Waals surface area contributed by atoms with Gasteiger partial charge in [-0.2, -0.15) is 0 Å². The fourth-order valence-corrected chi connectivity index (χ4v) is 2.86. The van der Waals surface area contributed by atoms with E-state index in [0.717, 1.165) is 16.0 Å². The standard InChI is InChI=1S/C14H15NO3S/c1-9-3-5-11(6-4-9)14-10(2)19-8-12(16)15(14)7-13(17)18/h3-6H,7-8H2,1-2H3,(H,17,18). The zero-order valence-electron chi connectivity index (χ0n) is 10.8. The SMILES string of the molecule is CC1=C(c2ccc(C)cc2)N(CC(=O)O)C(=O)CS1. The highest BCUT2D eigenvalue weighted by Gasteiger charge is 2.28. The molecule has 0 bridgehead atoms. The van der Waals surface area contributed by atoms with Crippen LogP contribution in [-0.2, 0) is 9.59 Å². The lowest BCUT2D eigenvalue weighted by Crippen LogP contribution is -2.38. The molecular weight excluding hydrogens is 262 g/mol. The Morgan fingerprint density at radius 2 is 1.95 bits per heavy atom. The molecule has 0 saturated heterocycles. The molecule has 0 atom stereocenters. The minimum Gasteiger partial charge on any atom is -0.480 e. The van der Waals surface area contributed by atoms with Crippen molar-refractivity contribution in [2.75, 3.05) is 12.3 Å². The predicted molar refractivity (Wildman–Crippen MR) is 75.6 cm³/mol. The number of aryl methyl sites for hydroxylation is 1. The molecule has 100 valence electrons. The average molecular weight is 277 g/mol. The molecule has 1 aliphatic rings. The fraction of sp³-hybridized carbons (Fsp3) is 0.286. The largest absolute Gasteiger partial charge is 0.480 e. The Hall–Kier alpha value is -1.75. The second kappa shape index (κ2) is 5.48. The molecule has 0 aliphatic carbocycles. The van der Waals surface area contributed by atoms with Gasteiger partial charge in [-0.05, 0) is 19.4 Å². The molecule has 0 saturated carbocycles. The van der Waals surface area contributed by atoms with Crippen LogP contribution in [0.1, 0.15) is 18.1 Å². The number of benzene rings is 1. The molecule has 5 heteroatoms. The number of hydrogen-bond acceptors (Lipinski definition) is 3. The van der Waals surface area contributed by atoms with E-state index in [-0.39, 0.29) is 12.5 Å². The summed E-state index contributed by atoms with van der Waals surface area (Å²) in [5.41, 5.74) is 2.72. The van der Waals surface area contributed by atoms with Crippen LogP contribution in [0.15, 0.2) is 29.2 Å². The van der Waals surface area contributed by atoms with Crippen molar-refractivity contribution in [3.05, 3.63) is 40.3 Å². The number of hydrogen-bond donors (Lipinski definition) is 1. The van der Waals surface area contributed by atoms with Crippen LogP contribution in [0.4, 0.5) is 0 Å². The summed E-state index contributed by atoms with van der Waals surface area (Å²) >= 11 is 1.46. The zero-order valence-corrected chi connectivity index (χ0v) is 11.7. The molecule has 1 heterocycles. The Labute approximate surface area is 116 Å². The molecule has 1 aliphatic heterocycles. The van der Waals surface area contributed by atoms with Gasteiger partial charge in [-0.1, -0.05) is 29.8 Å². The van der Waals surface area contributed by atoms with E-state index >= 15 is 0 Å². The highest BCUT2D eigenvalue weighted by Crippen LogP contribution is 2.34. The minimum atomic E-state index is -1.00. The van der Waals surface area contributed by atoms with Crippen molar-refractivity contribution in [2.24, 2.45) is 0 Å². The molecule has 19 heavy (non-hydrogen) atoms. The van der Waals surface area contributed by atoms with Gasteiger partial charge in [0.1, 0.15) is 6.54 Å². The van der Waals surface area contributed by atoms with E-state index in [9.17, 15) is 9.59 Å². The van der Waals surface area contributed by atoms with Crippen LogP contribution in [-0.4, -0.2) is 34.2 Å². The smallest absolute Gasteiger partial charge is 0.323 e. The number of aliphatic carboxylic acids is 1. The van der Waals surface area contributed by atoms with Crippen molar-refractivity contribution < 1.29 is 14.7 Å². The van der Waals surface area contributed by atoms with Crippen molar-refractivity contribution in [3.8, 4) is 0 Å². The van der Waals surface area contributed by atoms with Crippen LogP contribution in [0.25, 0.3) is 5.70 Å². The van der Waals surface area contributed by atoms with Crippen LogP contribution < -0.4 is 0 Å². The van der Waals surface area contributed by atoms with Gasteiger partial charge in [0, 0.05) is 4.91 Å². The number of rotatable bonds is 3. The Kier molecular flexibility index (Phi) is 3.95. The number of carboxylic acids is 1. The monoisotopic (exact) mass is 277 g/mol. The summed E-state index contributed by atoms with van der Waals surface area (Å²) in [6, 6.07) is 7.75. The molecular formula is C14H15NO3S. The zero-order chi connectivity index (χ0) is 14.0. The molecule has 2 rings (SSSR count). The molecule has 4 nitrogen and oxygen atoms in total.